The molecule has 8 aromatic rings. The number of rotatable bonds is 6. The monoisotopic (exact) mass is 597 g/mol. The number of fused-ring (bicyclic) bond motifs is 4. The first-order valence-corrected chi connectivity index (χ1v) is 16.1. The van der Waals surface area contributed by atoms with Crippen LogP contribution in [0, 0.1) is 0 Å². The van der Waals surface area contributed by atoms with Gasteiger partial charge >= 0.3 is 0 Å². The number of hydrogen-bond acceptors (Lipinski definition) is 3. The Kier molecular flexibility index (Phi) is 6.79. The van der Waals surface area contributed by atoms with Crippen molar-refractivity contribution in [3.63, 3.8) is 0 Å². The summed E-state index contributed by atoms with van der Waals surface area (Å²) < 4.78 is 9.07. The summed E-state index contributed by atoms with van der Waals surface area (Å²) in [5.41, 5.74) is 13.9. The number of benzene rings is 5. The van der Waals surface area contributed by atoms with Crippen LogP contribution in [0.1, 0.15) is 50.7 Å². The maximum absolute atomic E-state index is 6.70. The van der Waals surface area contributed by atoms with E-state index in [0.29, 0.717) is 0 Å². The number of pyridine rings is 1. The Hall–Kier alpha value is -5.48. The molecule has 0 aliphatic rings. The second-order valence-electron chi connectivity index (χ2n) is 12.7. The van der Waals surface area contributed by atoms with Crippen LogP contribution in [0.4, 0.5) is 0 Å². The molecule has 224 valence electrons. The van der Waals surface area contributed by atoms with Crippen molar-refractivity contribution in [2.45, 2.75) is 39.5 Å². The topological polar surface area (TPSA) is 43.9 Å². The fourth-order valence-electron chi connectivity index (χ4n) is 6.69. The second kappa shape index (κ2) is 11.1. The Balaban J connectivity index is 1.42. The van der Waals surface area contributed by atoms with Gasteiger partial charge in [-0.15, -0.1) is 0 Å². The van der Waals surface area contributed by atoms with Gasteiger partial charge in [0, 0.05) is 11.6 Å². The molecule has 3 aromatic heterocycles. The van der Waals surface area contributed by atoms with Crippen molar-refractivity contribution in [2.24, 2.45) is 0 Å². The van der Waals surface area contributed by atoms with Gasteiger partial charge in [-0.3, -0.25) is 9.55 Å². The molecular weight excluding hydrogens is 562 g/mol. The van der Waals surface area contributed by atoms with Gasteiger partial charge in [0.2, 0.25) is 0 Å². The molecule has 0 saturated carbocycles. The van der Waals surface area contributed by atoms with Gasteiger partial charge in [-0.25, -0.2) is 4.98 Å². The lowest BCUT2D eigenvalue weighted by atomic mass is 9.88. The van der Waals surface area contributed by atoms with E-state index in [9.17, 15) is 0 Å². The van der Waals surface area contributed by atoms with Gasteiger partial charge in [-0.1, -0.05) is 107 Å². The molecule has 4 heteroatoms. The van der Waals surface area contributed by atoms with Crippen LogP contribution in [0.5, 0.6) is 0 Å². The van der Waals surface area contributed by atoms with E-state index in [1.807, 2.05) is 18.3 Å². The van der Waals surface area contributed by atoms with E-state index in [2.05, 4.69) is 141 Å². The van der Waals surface area contributed by atoms with Gasteiger partial charge in [-0.2, -0.15) is 0 Å². The smallest absolute Gasteiger partial charge is 0.164 e. The molecule has 0 atom stereocenters. The lowest BCUT2D eigenvalue weighted by molar-refractivity contribution is 0.668. The Morgan fingerprint density at radius 3 is 1.91 bits per heavy atom. The van der Waals surface area contributed by atoms with Gasteiger partial charge in [-0.05, 0) is 87.7 Å². The molecule has 0 N–H and O–H groups in total. The summed E-state index contributed by atoms with van der Waals surface area (Å²) in [4.78, 5) is 10.1. The van der Waals surface area contributed by atoms with Crippen LogP contribution in [0.3, 0.4) is 0 Å². The number of aromatic nitrogens is 3. The van der Waals surface area contributed by atoms with Crippen LogP contribution < -0.4 is 0 Å². The third-order valence-corrected chi connectivity index (χ3v) is 9.01. The van der Waals surface area contributed by atoms with Crippen LogP contribution in [-0.2, 0) is 0 Å². The molecule has 0 spiro atoms. The quantitative estimate of drug-likeness (QED) is 0.191. The fourth-order valence-corrected chi connectivity index (χ4v) is 6.69. The standard InChI is InChI=1S/C42H35N3O/c1-26(2)34-23-31(29-15-9-6-10-16-29)24-35(27(3)4)40(34)45-37-18-12-11-17-36(37)44-42(45)33-21-22-43-39-32-20-19-30(25-38(32)46-41(33)39)28-13-7-5-8-14-28/h5-27H,1-4H3. The van der Waals surface area contributed by atoms with Crippen molar-refractivity contribution in [3.8, 4) is 39.3 Å². The maximum atomic E-state index is 6.70. The van der Waals surface area contributed by atoms with Crippen molar-refractivity contribution < 1.29 is 4.42 Å². The molecule has 0 aliphatic heterocycles. The van der Waals surface area contributed by atoms with Crippen LogP contribution in [0.2, 0.25) is 0 Å². The zero-order chi connectivity index (χ0) is 31.4. The van der Waals surface area contributed by atoms with E-state index in [-0.39, 0.29) is 11.8 Å². The summed E-state index contributed by atoms with van der Waals surface area (Å²) in [5, 5.41) is 0.997. The third kappa shape index (κ3) is 4.60. The predicted molar refractivity (Wildman–Crippen MR) is 191 cm³/mol. The molecule has 8 rings (SSSR count). The zero-order valence-corrected chi connectivity index (χ0v) is 26.5. The summed E-state index contributed by atoms with van der Waals surface area (Å²) in [6.45, 7) is 9.13. The van der Waals surface area contributed by atoms with Crippen LogP contribution >= 0.6 is 0 Å². The number of imidazole rings is 1. The zero-order valence-electron chi connectivity index (χ0n) is 26.5. The average Bonchev–Trinajstić information content (AvgIpc) is 3.66. The van der Waals surface area contributed by atoms with Gasteiger partial charge in [0.1, 0.15) is 16.9 Å². The van der Waals surface area contributed by atoms with E-state index in [4.69, 9.17) is 14.4 Å². The lowest BCUT2D eigenvalue weighted by Gasteiger charge is -2.24. The highest BCUT2D eigenvalue weighted by Crippen LogP contribution is 2.42. The molecule has 0 amide bonds. The van der Waals surface area contributed by atoms with Gasteiger partial charge < -0.3 is 4.42 Å². The summed E-state index contributed by atoms with van der Waals surface area (Å²) in [5.74, 6) is 1.42. The van der Waals surface area contributed by atoms with Crippen molar-refractivity contribution in [3.05, 3.63) is 139 Å². The molecule has 0 fully saturated rings. The molecule has 0 radical (unpaired) electrons. The highest BCUT2D eigenvalue weighted by atomic mass is 16.3. The Morgan fingerprint density at radius 1 is 0.609 bits per heavy atom. The molecular formula is C42H35N3O. The molecule has 0 bridgehead atoms. The number of nitrogens with zero attached hydrogens (tertiary/aromatic N) is 3. The molecule has 0 aliphatic carbocycles. The van der Waals surface area contributed by atoms with Crippen LogP contribution in [-0.4, -0.2) is 14.5 Å². The van der Waals surface area contributed by atoms with E-state index in [1.165, 1.54) is 27.9 Å². The number of hydrogen-bond donors (Lipinski definition) is 0. The Labute approximate surface area is 269 Å². The van der Waals surface area contributed by atoms with Gasteiger partial charge in [0.15, 0.2) is 5.58 Å². The van der Waals surface area contributed by atoms with Gasteiger partial charge in [0.05, 0.1) is 22.3 Å². The van der Waals surface area contributed by atoms with E-state index in [1.54, 1.807) is 0 Å². The van der Waals surface area contributed by atoms with Crippen molar-refractivity contribution in [2.75, 3.05) is 0 Å². The minimum absolute atomic E-state index is 0.283. The second-order valence-corrected chi connectivity index (χ2v) is 12.7. The minimum Gasteiger partial charge on any atom is -0.454 e. The summed E-state index contributed by atoms with van der Waals surface area (Å²) in [7, 11) is 0. The first kappa shape index (κ1) is 28.0. The predicted octanol–water partition coefficient (Wildman–Crippen LogP) is 11.6. The largest absolute Gasteiger partial charge is 0.454 e. The van der Waals surface area contributed by atoms with Gasteiger partial charge in [0.25, 0.3) is 0 Å². The average molecular weight is 598 g/mol. The van der Waals surface area contributed by atoms with Crippen LogP contribution in [0.25, 0.3) is 72.4 Å². The van der Waals surface area contributed by atoms with Crippen molar-refractivity contribution in [1.82, 2.24) is 14.5 Å². The van der Waals surface area contributed by atoms with E-state index >= 15 is 0 Å². The minimum atomic E-state index is 0.283. The van der Waals surface area contributed by atoms with Crippen LogP contribution in [0.15, 0.2) is 132 Å². The van der Waals surface area contributed by atoms with E-state index in [0.717, 1.165) is 55.6 Å². The maximum Gasteiger partial charge on any atom is 0.164 e. The Morgan fingerprint density at radius 2 is 1.24 bits per heavy atom. The molecule has 0 saturated heterocycles. The van der Waals surface area contributed by atoms with E-state index < -0.39 is 0 Å². The number of furan rings is 1. The van der Waals surface area contributed by atoms with Crippen molar-refractivity contribution in [1.29, 1.82) is 0 Å². The molecule has 5 aromatic carbocycles. The highest BCUT2D eigenvalue weighted by Gasteiger charge is 2.25. The SMILES string of the molecule is CC(C)c1cc(-c2ccccc2)cc(C(C)C)c1-n1c(-c2ccnc3c2oc2cc(-c4ccccc4)ccc23)nc2ccccc21. The first-order chi connectivity index (χ1) is 22.5. The molecule has 3 heterocycles. The third-order valence-electron chi connectivity index (χ3n) is 9.01. The normalized spacial score (nSPS) is 11.9. The lowest BCUT2D eigenvalue weighted by Crippen LogP contribution is -2.09. The Bertz CT molecular complexity index is 2330. The summed E-state index contributed by atoms with van der Waals surface area (Å²) in [6, 6.07) is 42.7. The fraction of sp³-hybridized carbons (Fsp3) is 0.143. The number of para-hydroxylation sites is 2. The first-order valence-electron chi connectivity index (χ1n) is 16.1. The molecule has 46 heavy (non-hydrogen) atoms. The summed E-state index contributed by atoms with van der Waals surface area (Å²) >= 11 is 0. The highest BCUT2D eigenvalue weighted by molar-refractivity contribution is 6.08. The van der Waals surface area contributed by atoms with Crippen molar-refractivity contribution >= 4 is 33.1 Å². The molecule has 4 nitrogen and oxygen atoms in total. The molecule has 0 unspecified atom stereocenters. The summed E-state index contributed by atoms with van der Waals surface area (Å²) in [6.07, 6.45) is 1.88.